The van der Waals surface area contributed by atoms with Crippen molar-refractivity contribution in [2.45, 2.75) is 19.7 Å². The van der Waals surface area contributed by atoms with Gasteiger partial charge in [-0.2, -0.15) is 13.2 Å². The van der Waals surface area contributed by atoms with Crippen molar-refractivity contribution >= 4 is 22.5 Å². The summed E-state index contributed by atoms with van der Waals surface area (Å²) in [7, 11) is 0. The van der Waals surface area contributed by atoms with Crippen molar-refractivity contribution in [3.8, 4) is 5.75 Å². The Labute approximate surface area is 193 Å². The first kappa shape index (κ1) is 23.1. The molecule has 0 amide bonds. The van der Waals surface area contributed by atoms with E-state index in [1.165, 1.54) is 12.1 Å². The molecular formula is C26H20F3NO4. The molecule has 0 fully saturated rings. The second-order valence-corrected chi connectivity index (χ2v) is 7.53. The molecule has 0 saturated carbocycles. The molecule has 3 aromatic carbocycles. The molecule has 0 radical (unpaired) electrons. The molecule has 1 heterocycles. The van der Waals surface area contributed by atoms with Gasteiger partial charge in [-0.05, 0) is 48.9 Å². The Kier molecular flexibility index (Phi) is 6.67. The number of ether oxygens (including phenoxy) is 1. The minimum atomic E-state index is -4.38. The molecule has 34 heavy (non-hydrogen) atoms. The van der Waals surface area contributed by atoms with Crippen molar-refractivity contribution in [2.75, 3.05) is 6.61 Å². The number of carbonyl (C=O) groups excluding carboxylic acids is 1. The van der Waals surface area contributed by atoms with E-state index in [9.17, 15) is 18.0 Å². The fourth-order valence-electron chi connectivity index (χ4n) is 3.18. The molecule has 4 aromatic rings. The van der Waals surface area contributed by atoms with Gasteiger partial charge in [-0.15, -0.1) is 0 Å². The Morgan fingerprint density at radius 3 is 2.41 bits per heavy atom. The molecule has 0 aliphatic rings. The van der Waals surface area contributed by atoms with E-state index in [0.717, 1.165) is 17.5 Å². The Hall–Kier alpha value is -4.07. The third kappa shape index (κ3) is 5.64. The average molecular weight is 467 g/mol. The van der Waals surface area contributed by atoms with Crippen LogP contribution in [0.25, 0.3) is 11.0 Å². The Morgan fingerprint density at radius 1 is 0.971 bits per heavy atom. The summed E-state index contributed by atoms with van der Waals surface area (Å²) >= 11 is 0. The van der Waals surface area contributed by atoms with Crippen molar-refractivity contribution in [1.29, 1.82) is 0 Å². The molecule has 4 rings (SSSR count). The fraction of sp³-hybridized carbons (Fsp3) is 0.154. The lowest BCUT2D eigenvalue weighted by Gasteiger charge is -2.07. The van der Waals surface area contributed by atoms with Crippen molar-refractivity contribution in [2.24, 2.45) is 5.16 Å². The highest BCUT2D eigenvalue weighted by Crippen LogP contribution is 2.29. The monoisotopic (exact) mass is 467 g/mol. The minimum absolute atomic E-state index is 0.0170. The quantitative estimate of drug-likeness (QED) is 0.165. The van der Waals surface area contributed by atoms with Gasteiger partial charge in [0.25, 0.3) is 0 Å². The molecule has 0 saturated heterocycles. The summed E-state index contributed by atoms with van der Waals surface area (Å²) in [6, 6.07) is 20.6. The molecule has 0 aliphatic heterocycles. The number of Topliss-reactive ketones (excluding diaryl/α,β-unsaturated/α-hetero) is 1. The first-order valence-electron chi connectivity index (χ1n) is 10.4. The predicted molar refractivity (Wildman–Crippen MR) is 121 cm³/mol. The standard InChI is InChI=1S/C26H20F3NO4/c1-17(30-33-15-18-7-9-21(10-8-18)26(27,28)29)25-14-20-13-22(11-12-24(20)34-25)32-16-23(31)19-5-3-2-4-6-19/h2-14H,15-16H2,1H3. The zero-order chi connectivity index (χ0) is 24.1. The topological polar surface area (TPSA) is 61.0 Å². The van der Waals surface area contributed by atoms with Crippen LogP contribution < -0.4 is 4.74 Å². The van der Waals surface area contributed by atoms with Crippen molar-refractivity contribution in [1.82, 2.24) is 0 Å². The van der Waals surface area contributed by atoms with Gasteiger partial charge >= 0.3 is 6.18 Å². The first-order chi connectivity index (χ1) is 16.3. The third-order valence-electron chi connectivity index (χ3n) is 5.02. The van der Waals surface area contributed by atoms with E-state index >= 15 is 0 Å². The predicted octanol–water partition coefficient (Wildman–Crippen LogP) is 6.65. The number of furan rings is 1. The number of nitrogens with zero attached hydrogens (tertiary/aromatic N) is 1. The fourth-order valence-corrected chi connectivity index (χ4v) is 3.18. The summed E-state index contributed by atoms with van der Waals surface area (Å²) in [5, 5.41) is 4.76. The lowest BCUT2D eigenvalue weighted by atomic mass is 10.1. The average Bonchev–Trinajstić information content (AvgIpc) is 3.26. The maximum Gasteiger partial charge on any atom is 0.416 e. The molecular weight excluding hydrogens is 447 g/mol. The van der Waals surface area contributed by atoms with Gasteiger partial charge in [0, 0.05) is 10.9 Å². The van der Waals surface area contributed by atoms with Crippen LogP contribution in [0.5, 0.6) is 5.75 Å². The number of alkyl halides is 3. The highest BCUT2D eigenvalue weighted by Gasteiger charge is 2.29. The van der Waals surface area contributed by atoms with E-state index in [2.05, 4.69) is 5.16 Å². The summed E-state index contributed by atoms with van der Waals surface area (Å²) in [5.74, 6) is 0.874. The SMILES string of the molecule is CC(=NOCc1ccc(C(F)(F)F)cc1)c1cc2cc(OCC(=O)c3ccccc3)ccc2o1. The maximum atomic E-state index is 12.6. The van der Waals surface area contributed by atoms with E-state index in [4.69, 9.17) is 14.0 Å². The molecule has 0 unspecified atom stereocenters. The number of halogens is 3. The van der Waals surface area contributed by atoms with Gasteiger partial charge in [0.05, 0.1) is 5.56 Å². The number of ketones is 1. The molecule has 174 valence electrons. The van der Waals surface area contributed by atoms with Crippen LogP contribution in [0.3, 0.4) is 0 Å². The van der Waals surface area contributed by atoms with Crippen molar-refractivity contribution < 1.29 is 32.0 Å². The lowest BCUT2D eigenvalue weighted by Crippen LogP contribution is -2.11. The van der Waals surface area contributed by atoms with Crippen LogP contribution >= 0.6 is 0 Å². The normalized spacial score (nSPS) is 12.1. The van der Waals surface area contributed by atoms with Gasteiger partial charge in [-0.1, -0.05) is 47.6 Å². The highest BCUT2D eigenvalue weighted by atomic mass is 19.4. The van der Waals surface area contributed by atoms with Crippen LogP contribution in [-0.2, 0) is 17.6 Å². The van der Waals surface area contributed by atoms with E-state index in [0.29, 0.717) is 33.9 Å². The molecule has 0 aliphatic carbocycles. The van der Waals surface area contributed by atoms with Crippen molar-refractivity contribution in [3.05, 3.63) is 101 Å². The number of carbonyl (C=O) groups is 1. The number of benzene rings is 3. The zero-order valence-electron chi connectivity index (χ0n) is 18.1. The van der Waals surface area contributed by atoms with Crippen LogP contribution in [0.4, 0.5) is 13.2 Å². The van der Waals surface area contributed by atoms with Gasteiger partial charge in [-0.3, -0.25) is 4.79 Å². The summed E-state index contributed by atoms with van der Waals surface area (Å²) in [6.45, 7) is 1.63. The Balaban J connectivity index is 1.37. The molecule has 0 N–H and O–H groups in total. The summed E-state index contributed by atoms with van der Waals surface area (Å²) in [5.41, 5.74) is 1.49. The van der Waals surface area contributed by atoms with Crippen molar-refractivity contribution in [3.63, 3.8) is 0 Å². The minimum Gasteiger partial charge on any atom is -0.485 e. The van der Waals surface area contributed by atoms with Gasteiger partial charge in [0.1, 0.15) is 23.7 Å². The molecule has 1 aromatic heterocycles. The number of oxime groups is 1. The zero-order valence-corrected chi connectivity index (χ0v) is 18.1. The number of hydrogen-bond donors (Lipinski definition) is 0. The Bertz CT molecular complexity index is 1310. The third-order valence-corrected chi connectivity index (χ3v) is 5.02. The van der Waals surface area contributed by atoms with Gasteiger partial charge < -0.3 is 14.0 Å². The van der Waals surface area contributed by atoms with Gasteiger partial charge in [0.15, 0.2) is 18.2 Å². The first-order valence-corrected chi connectivity index (χ1v) is 10.4. The number of rotatable bonds is 8. The van der Waals surface area contributed by atoms with Crippen LogP contribution in [0, 0.1) is 0 Å². The van der Waals surface area contributed by atoms with Crippen LogP contribution in [0.2, 0.25) is 0 Å². The van der Waals surface area contributed by atoms with E-state index in [-0.39, 0.29) is 19.0 Å². The Morgan fingerprint density at radius 2 is 1.71 bits per heavy atom. The molecule has 0 spiro atoms. The van der Waals surface area contributed by atoms with E-state index < -0.39 is 11.7 Å². The van der Waals surface area contributed by atoms with Gasteiger partial charge in [0.2, 0.25) is 0 Å². The van der Waals surface area contributed by atoms with E-state index in [1.807, 2.05) is 6.07 Å². The molecule has 8 heteroatoms. The number of fused-ring (bicyclic) bond motifs is 1. The maximum absolute atomic E-state index is 12.6. The highest BCUT2D eigenvalue weighted by molar-refractivity contribution is 5.99. The summed E-state index contributed by atoms with van der Waals surface area (Å²) in [4.78, 5) is 17.5. The molecule has 5 nitrogen and oxygen atoms in total. The molecule has 0 bridgehead atoms. The second-order valence-electron chi connectivity index (χ2n) is 7.53. The largest absolute Gasteiger partial charge is 0.485 e. The van der Waals surface area contributed by atoms with E-state index in [1.54, 1.807) is 55.5 Å². The molecule has 0 atom stereocenters. The smallest absolute Gasteiger partial charge is 0.416 e. The number of hydrogen-bond acceptors (Lipinski definition) is 5. The van der Waals surface area contributed by atoms with Crippen LogP contribution in [0.15, 0.2) is 88.4 Å². The lowest BCUT2D eigenvalue weighted by molar-refractivity contribution is -0.137. The van der Waals surface area contributed by atoms with Gasteiger partial charge in [-0.25, -0.2) is 0 Å². The summed E-state index contributed by atoms with van der Waals surface area (Å²) in [6.07, 6.45) is -4.38. The second kappa shape index (κ2) is 9.82. The summed E-state index contributed by atoms with van der Waals surface area (Å²) < 4.78 is 49.3. The van der Waals surface area contributed by atoms with Crippen LogP contribution in [0.1, 0.15) is 34.2 Å². The van der Waals surface area contributed by atoms with Crippen LogP contribution in [-0.4, -0.2) is 18.1 Å².